The first-order chi connectivity index (χ1) is 14.2. The fourth-order valence-corrected chi connectivity index (χ4v) is 4.09. The third-order valence-electron chi connectivity index (χ3n) is 5.44. The molecule has 3 aromatic rings. The molecule has 0 atom stereocenters. The Morgan fingerprint density at radius 2 is 1.90 bits per heavy atom. The summed E-state index contributed by atoms with van der Waals surface area (Å²) >= 11 is 0. The zero-order valence-corrected chi connectivity index (χ0v) is 16.5. The molecule has 10 heteroatoms. The van der Waals surface area contributed by atoms with Gasteiger partial charge in [-0.05, 0) is 18.9 Å². The number of rotatable bonds is 3. The van der Waals surface area contributed by atoms with E-state index in [2.05, 4.69) is 14.7 Å². The van der Waals surface area contributed by atoms with E-state index in [1.807, 2.05) is 0 Å². The highest BCUT2D eigenvalue weighted by molar-refractivity contribution is 6.00. The van der Waals surface area contributed by atoms with E-state index < -0.39 is 23.6 Å². The number of benzene rings is 1. The number of carbonyl (C=O) groups excluding carboxylic acids is 1. The van der Waals surface area contributed by atoms with E-state index in [9.17, 15) is 22.8 Å². The maximum absolute atomic E-state index is 13.0. The molecule has 30 heavy (non-hydrogen) atoms. The lowest BCUT2D eigenvalue weighted by Gasteiger charge is -2.21. The molecular weight excluding hydrogens is 401 g/mol. The molecular formula is C20H21F3N4O3. The molecule has 0 saturated heterocycles. The Morgan fingerprint density at radius 3 is 2.53 bits per heavy atom. The van der Waals surface area contributed by atoms with Crippen molar-refractivity contribution in [2.24, 2.45) is 0 Å². The number of imidazole rings is 1. The highest BCUT2D eigenvalue weighted by Crippen LogP contribution is 2.35. The summed E-state index contributed by atoms with van der Waals surface area (Å²) in [5.41, 5.74) is 0.0659. The molecule has 0 bridgehead atoms. The Bertz CT molecular complexity index is 1170. The molecule has 2 aromatic heterocycles. The van der Waals surface area contributed by atoms with Gasteiger partial charge in [-0.3, -0.25) is 14.0 Å². The van der Waals surface area contributed by atoms with Gasteiger partial charge in [-0.25, -0.2) is 4.98 Å². The first-order valence-corrected chi connectivity index (χ1v) is 9.70. The van der Waals surface area contributed by atoms with Gasteiger partial charge >= 0.3 is 6.36 Å². The maximum atomic E-state index is 13.0. The number of H-pyrrole nitrogens is 1. The van der Waals surface area contributed by atoms with Crippen molar-refractivity contribution in [1.82, 2.24) is 19.3 Å². The lowest BCUT2D eigenvalue weighted by Crippen LogP contribution is -2.25. The molecule has 1 N–H and O–H groups in total. The lowest BCUT2D eigenvalue weighted by atomic mass is 9.88. The minimum atomic E-state index is -4.97. The summed E-state index contributed by atoms with van der Waals surface area (Å²) < 4.78 is 44.9. The molecule has 4 rings (SSSR count). The molecule has 1 saturated carbocycles. The average Bonchev–Trinajstić information content (AvgIpc) is 3.13. The zero-order valence-electron chi connectivity index (χ0n) is 16.5. The predicted molar refractivity (Wildman–Crippen MR) is 104 cm³/mol. The molecule has 160 valence electrons. The summed E-state index contributed by atoms with van der Waals surface area (Å²) in [6, 6.07) is 2.38. The van der Waals surface area contributed by atoms with Crippen LogP contribution in [0.5, 0.6) is 5.75 Å². The average molecular weight is 422 g/mol. The number of nitrogens with one attached hydrogen (secondary N) is 1. The molecule has 1 amide bonds. The number of aromatic nitrogens is 3. The van der Waals surface area contributed by atoms with Crippen molar-refractivity contribution < 1.29 is 22.7 Å². The third kappa shape index (κ3) is 3.61. The number of ether oxygens (including phenoxy) is 1. The van der Waals surface area contributed by atoms with Crippen molar-refractivity contribution in [1.29, 1.82) is 0 Å². The molecule has 1 aliphatic rings. The Hall–Kier alpha value is -3.04. The van der Waals surface area contributed by atoms with Crippen LogP contribution in [0.25, 0.3) is 16.6 Å². The standard InChI is InChI=1S/C20H21F3N4O3/c1-26(2)19(29)12-8-13-14(9-16(12)30-20(21,22)23)27-15(18(28)25-13)10-24-17(27)11-6-4-3-5-7-11/h8-11H,3-7H2,1-2H3,(H,25,28). The normalized spacial score (nSPS) is 15.6. The number of nitrogens with zero attached hydrogens (tertiary/aromatic N) is 3. The topological polar surface area (TPSA) is 79.7 Å². The van der Waals surface area contributed by atoms with E-state index in [0.29, 0.717) is 11.3 Å². The monoisotopic (exact) mass is 422 g/mol. The van der Waals surface area contributed by atoms with Crippen LogP contribution < -0.4 is 10.3 Å². The van der Waals surface area contributed by atoms with Gasteiger partial charge in [0, 0.05) is 26.1 Å². The van der Waals surface area contributed by atoms with Crippen molar-refractivity contribution in [3.63, 3.8) is 0 Å². The van der Waals surface area contributed by atoms with Gasteiger partial charge in [0.05, 0.1) is 22.8 Å². The lowest BCUT2D eigenvalue weighted by molar-refractivity contribution is -0.274. The largest absolute Gasteiger partial charge is 0.573 e. The van der Waals surface area contributed by atoms with E-state index >= 15 is 0 Å². The second-order valence-corrected chi connectivity index (χ2v) is 7.74. The van der Waals surface area contributed by atoms with Crippen LogP contribution in [0.2, 0.25) is 0 Å². The van der Waals surface area contributed by atoms with Crippen LogP contribution in [0.15, 0.2) is 23.1 Å². The van der Waals surface area contributed by atoms with Gasteiger partial charge in [-0.2, -0.15) is 0 Å². The molecule has 1 aliphatic carbocycles. The fourth-order valence-electron chi connectivity index (χ4n) is 4.09. The predicted octanol–water partition coefficient (Wildman–Crippen LogP) is 3.82. The first kappa shape index (κ1) is 20.2. The molecule has 0 radical (unpaired) electrons. The fraction of sp³-hybridized carbons (Fsp3) is 0.450. The Morgan fingerprint density at radius 1 is 1.20 bits per heavy atom. The van der Waals surface area contributed by atoms with Gasteiger partial charge in [0.15, 0.2) is 0 Å². The Balaban J connectivity index is 2.01. The van der Waals surface area contributed by atoms with Crippen LogP contribution in [0.1, 0.15) is 54.2 Å². The minimum Gasteiger partial charge on any atom is -0.405 e. The van der Waals surface area contributed by atoms with Crippen molar-refractivity contribution in [2.75, 3.05) is 14.1 Å². The van der Waals surface area contributed by atoms with Gasteiger partial charge in [-0.1, -0.05) is 19.3 Å². The third-order valence-corrected chi connectivity index (χ3v) is 5.44. The molecule has 2 heterocycles. The highest BCUT2D eigenvalue weighted by atomic mass is 19.4. The number of carbonyl (C=O) groups is 1. The number of fused-ring (bicyclic) bond motifs is 3. The highest BCUT2D eigenvalue weighted by Gasteiger charge is 2.34. The van der Waals surface area contributed by atoms with Gasteiger partial charge in [0.1, 0.15) is 17.1 Å². The van der Waals surface area contributed by atoms with Crippen LogP contribution in [0, 0.1) is 0 Å². The van der Waals surface area contributed by atoms with E-state index in [1.54, 1.807) is 4.40 Å². The van der Waals surface area contributed by atoms with Crippen LogP contribution >= 0.6 is 0 Å². The smallest absolute Gasteiger partial charge is 0.405 e. The van der Waals surface area contributed by atoms with Crippen LogP contribution in [0.3, 0.4) is 0 Å². The number of hydrogen-bond donors (Lipinski definition) is 1. The number of hydrogen-bond acceptors (Lipinski definition) is 4. The summed E-state index contributed by atoms with van der Waals surface area (Å²) in [6.07, 6.45) is 1.45. The molecule has 0 spiro atoms. The first-order valence-electron chi connectivity index (χ1n) is 9.70. The number of aromatic amines is 1. The molecule has 1 fully saturated rings. The second kappa shape index (κ2) is 7.33. The van der Waals surface area contributed by atoms with E-state index in [1.165, 1.54) is 26.4 Å². The summed E-state index contributed by atoms with van der Waals surface area (Å²) in [5, 5.41) is 0. The SMILES string of the molecule is CN(C)C(=O)c1cc2[nH]c(=O)c3cnc(C4CCCCC4)n3c2cc1OC(F)(F)F. The van der Waals surface area contributed by atoms with Gasteiger partial charge < -0.3 is 14.6 Å². The van der Waals surface area contributed by atoms with E-state index in [0.717, 1.165) is 43.1 Å². The van der Waals surface area contributed by atoms with Crippen molar-refractivity contribution in [3.8, 4) is 5.75 Å². The molecule has 0 unspecified atom stereocenters. The van der Waals surface area contributed by atoms with E-state index in [4.69, 9.17) is 0 Å². The van der Waals surface area contributed by atoms with Crippen LogP contribution in [-0.2, 0) is 0 Å². The minimum absolute atomic E-state index is 0.112. The van der Waals surface area contributed by atoms with Crippen LogP contribution in [0.4, 0.5) is 13.2 Å². The van der Waals surface area contributed by atoms with Crippen molar-refractivity contribution >= 4 is 22.5 Å². The van der Waals surface area contributed by atoms with Gasteiger partial charge in [0.25, 0.3) is 11.5 Å². The molecule has 0 aliphatic heterocycles. The van der Waals surface area contributed by atoms with Crippen molar-refractivity contribution in [3.05, 3.63) is 40.1 Å². The van der Waals surface area contributed by atoms with Gasteiger partial charge in [-0.15, -0.1) is 13.2 Å². The quantitative estimate of drug-likeness (QED) is 0.696. The number of alkyl halides is 3. The van der Waals surface area contributed by atoms with E-state index in [-0.39, 0.29) is 22.5 Å². The number of halogens is 3. The summed E-state index contributed by atoms with van der Waals surface area (Å²) in [4.78, 5) is 33.3. The Kier molecular flexibility index (Phi) is 4.95. The molecule has 1 aromatic carbocycles. The second-order valence-electron chi connectivity index (χ2n) is 7.74. The Labute approximate surface area is 169 Å². The summed E-state index contributed by atoms with van der Waals surface area (Å²) in [6.45, 7) is 0. The maximum Gasteiger partial charge on any atom is 0.573 e. The summed E-state index contributed by atoms with van der Waals surface area (Å²) in [5.74, 6) is -0.535. The zero-order chi connectivity index (χ0) is 21.6. The van der Waals surface area contributed by atoms with Crippen LogP contribution in [-0.4, -0.2) is 45.6 Å². The van der Waals surface area contributed by atoms with Gasteiger partial charge in [0.2, 0.25) is 0 Å². The van der Waals surface area contributed by atoms with Crippen molar-refractivity contribution in [2.45, 2.75) is 44.4 Å². The molecule has 7 nitrogen and oxygen atoms in total. The number of amides is 1. The summed E-state index contributed by atoms with van der Waals surface area (Å²) in [7, 11) is 2.85.